The zero-order valence-corrected chi connectivity index (χ0v) is 17.9. The lowest BCUT2D eigenvalue weighted by atomic mass is 9.82. The predicted molar refractivity (Wildman–Crippen MR) is 132 cm³/mol. The van der Waals surface area contributed by atoms with Gasteiger partial charge in [0.05, 0.1) is 34.7 Å². The summed E-state index contributed by atoms with van der Waals surface area (Å²) in [6.45, 7) is 0. The van der Waals surface area contributed by atoms with Crippen LogP contribution in [0.3, 0.4) is 0 Å². The fraction of sp³-hybridized carbons (Fsp3) is 0.0714. The number of hydrogen-bond acceptors (Lipinski definition) is 3. The molecule has 0 bridgehead atoms. The highest BCUT2D eigenvalue weighted by Gasteiger charge is 2.46. The van der Waals surface area contributed by atoms with Crippen molar-refractivity contribution in [3.05, 3.63) is 126 Å². The second-order valence-electron chi connectivity index (χ2n) is 8.25. The Hall–Kier alpha value is -4.38. The molecule has 5 heteroatoms. The van der Waals surface area contributed by atoms with E-state index >= 15 is 0 Å². The molecule has 33 heavy (non-hydrogen) atoms. The van der Waals surface area contributed by atoms with Crippen molar-refractivity contribution in [3.8, 4) is 0 Å². The molecule has 0 radical (unpaired) electrons. The van der Waals surface area contributed by atoms with Crippen molar-refractivity contribution in [1.29, 1.82) is 0 Å². The Morgan fingerprint density at radius 1 is 0.697 bits per heavy atom. The zero-order valence-electron chi connectivity index (χ0n) is 17.9. The molecule has 2 aliphatic rings. The largest absolute Gasteiger partial charge is 0.351 e. The molecule has 2 amide bonds. The number of fused-ring (bicyclic) bond motifs is 5. The van der Waals surface area contributed by atoms with Crippen molar-refractivity contribution in [2.45, 2.75) is 12.0 Å². The molecule has 2 aliphatic heterocycles. The first kappa shape index (κ1) is 19.3. The highest BCUT2D eigenvalue weighted by Crippen LogP contribution is 2.53. The first-order chi connectivity index (χ1) is 16.2. The average molecular weight is 431 g/mol. The number of anilines is 3. The van der Waals surface area contributed by atoms with Crippen LogP contribution in [0.5, 0.6) is 0 Å². The number of amides is 2. The normalized spacial score (nSPS) is 18.6. The Kier molecular flexibility index (Phi) is 4.47. The molecule has 0 saturated heterocycles. The van der Waals surface area contributed by atoms with Crippen molar-refractivity contribution in [2.24, 2.45) is 10.8 Å². The molecular weight excluding hydrogens is 408 g/mol. The molecule has 4 aromatic carbocycles. The third kappa shape index (κ3) is 3.01. The van der Waals surface area contributed by atoms with Crippen LogP contribution in [0.15, 0.2) is 114 Å². The Bertz CT molecular complexity index is 1370. The smallest absolute Gasteiger partial charge is 0.323 e. The van der Waals surface area contributed by atoms with Gasteiger partial charge in [-0.15, -0.1) is 0 Å². The van der Waals surface area contributed by atoms with Crippen LogP contribution in [-0.4, -0.2) is 11.7 Å². The minimum Gasteiger partial charge on any atom is -0.351 e. The van der Waals surface area contributed by atoms with Crippen LogP contribution in [0.2, 0.25) is 0 Å². The number of benzene rings is 4. The van der Waals surface area contributed by atoms with Gasteiger partial charge < -0.3 is 5.73 Å². The summed E-state index contributed by atoms with van der Waals surface area (Å²) in [5, 5.41) is 7.29. The average Bonchev–Trinajstić information content (AvgIpc) is 3.20. The SMILES string of the molecule is NC(=O)N1c2ccccc2C2C(c3ccccc3)=NN(c3ccccc3)C2c2ccccc21. The minimum atomic E-state index is -0.501. The van der Waals surface area contributed by atoms with Crippen LogP contribution in [0, 0.1) is 0 Å². The van der Waals surface area contributed by atoms with E-state index in [-0.39, 0.29) is 12.0 Å². The fourth-order valence-corrected chi connectivity index (χ4v) is 5.07. The number of urea groups is 1. The number of carbonyl (C=O) groups is 1. The summed E-state index contributed by atoms with van der Waals surface area (Å²) in [7, 11) is 0. The van der Waals surface area contributed by atoms with Gasteiger partial charge in [-0.05, 0) is 35.4 Å². The van der Waals surface area contributed by atoms with Crippen molar-refractivity contribution >= 4 is 28.8 Å². The van der Waals surface area contributed by atoms with Crippen molar-refractivity contribution < 1.29 is 4.79 Å². The number of nitrogens with zero attached hydrogens (tertiary/aromatic N) is 3. The number of hydrazone groups is 1. The first-order valence-electron chi connectivity index (χ1n) is 11.0. The third-order valence-electron chi connectivity index (χ3n) is 6.41. The molecule has 2 heterocycles. The van der Waals surface area contributed by atoms with Crippen LogP contribution < -0.4 is 15.6 Å². The van der Waals surface area contributed by atoms with Gasteiger partial charge in [-0.25, -0.2) is 4.79 Å². The maximum atomic E-state index is 12.8. The molecule has 5 nitrogen and oxygen atoms in total. The number of nitrogens with two attached hydrogens (primary N) is 1. The van der Waals surface area contributed by atoms with E-state index in [1.165, 1.54) is 0 Å². The van der Waals surface area contributed by atoms with Gasteiger partial charge in [-0.2, -0.15) is 5.10 Å². The van der Waals surface area contributed by atoms with Gasteiger partial charge in [0, 0.05) is 5.56 Å². The van der Waals surface area contributed by atoms with Crippen LogP contribution in [0.25, 0.3) is 0 Å². The second kappa shape index (κ2) is 7.64. The lowest BCUT2D eigenvalue weighted by Crippen LogP contribution is -2.32. The number of hydrogen-bond donors (Lipinski definition) is 1. The molecule has 0 spiro atoms. The molecule has 2 unspecified atom stereocenters. The highest BCUT2D eigenvalue weighted by molar-refractivity contribution is 6.11. The lowest BCUT2D eigenvalue weighted by molar-refractivity contribution is 0.256. The van der Waals surface area contributed by atoms with Gasteiger partial charge in [0.2, 0.25) is 0 Å². The van der Waals surface area contributed by atoms with E-state index in [1.807, 2.05) is 72.8 Å². The first-order valence-corrected chi connectivity index (χ1v) is 11.0. The van der Waals surface area contributed by atoms with Crippen molar-refractivity contribution in [1.82, 2.24) is 0 Å². The number of carbonyl (C=O) groups excluding carboxylic acids is 1. The maximum Gasteiger partial charge on any atom is 0.323 e. The summed E-state index contributed by atoms with van der Waals surface area (Å²) < 4.78 is 0. The van der Waals surface area contributed by atoms with E-state index in [0.29, 0.717) is 0 Å². The maximum absolute atomic E-state index is 12.8. The van der Waals surface area contributed by atoms with Crippen molar-refractivity contribution in [2.75, 3.05) is 9.91 Å². The summed E-state index contributed by atoms with van der Waals surface area (Å²) >= 11 is 0. The summed E-state index contributed by atoms with van der Waals surface area (Å²) in [6.07, 6.45) is 0. The van der Waals surface area contributed by atoms with E-state index < -0.39 is 6.03 Å². The van der Waals surface area contributed by atoms with Gasteiger partial charge in [-0.3, -0.25) is 9.91 Å². The molecule has 4 aromatic rings. The van der Waals surface area contributed by atoms with Crippen LogP contribution in [0.1, 0.15) is 28.7 Å². The summed E-state index contributed by atoms with van der Waals surface area (Å²) in [5.41, 5.74) is 12.6. The van der Waals surface area contributed by atoms with Gasteiger partial charge in [-0.1, -0.05) is 84.9 Å². The second-order valence-corrected chi connectivity index (χ2v) is 8.25. The number of para-hydroxylation sites is 3. The number of rotatable bonds is 2. The van der Waals surface area contributed by atoms with E-state index in [1.54, 1.807) is 4.90 Å². The predicted octanol–water partition coefficient (Wildman–Crippen LogP) is 5.97. The third-order valence-corrected chi connectivity index (χ3v) is 6.41. The lowest BCUT2D eigenvalue weighted by Gasteiger charge is -2.28. The molecule has 0 fully saturated rings. The van der Waals surface area contributed by atoms with Gasteiger partial charge in [0.25, 0.3) is 0 Å². The van der Waals surface area contributed by atoms with E-state index in [4.69, 9.17) is 10.8 Å². The Morgan fingerprint density at radius 2 is 1.24 bits per heavy atom. The van der Waals surface area contributed by atoms with Crippen LogP contribution in [0.4, 0.5) is 21.9 Å². The highest BCUT2D eigenvalue weighted by atomic mass is 16.2. The number of primary amides is 1. The standard InChI is InChI=1S/C28H22N4O/c29-28(33)31-23-17-9-7-15-21(23)25-26(19-11-3-1-4-12-19)30-32(20-13-5-2-6-14-20)27(25)22-16-8-10-18-24(22)31/h1-18,25,27H,(H2,29,33). The summed E-state index contributed by atoms with van der Waals surface area (Å²) in [5.74, 6) is -0.0886. The Morgan fingerprint density at radius 3 is 1.91 bits per heavy atom. The van der Waals surface area contributed by atoms with E-state index in [9.17, 15) is 4.79 Å². The Labute approximate surface area is 192 Å². The molecular formula is C28H22N4O. The molecule has 2 N–H and O–H groups in total. The van der Waals surface area contributed by atoms with E-state index in [0.717, 1.165) is 39.5 Å². The minimum absolute atomic E-state index is 0.0886. The Balaban J connectivity index is 1.68. The van der Waals surface area contributed by atoms with Gasteiger partial charge >= 0.3 is 6.03 Å². The molecule has 0 saturated carbocycles. The summed E-state index contributed by atoms with van der Waals surface area (Å²) in [4.78, 5) is 14.4. The van der Waals surface area contributed by atoms with Crippen LogP contribution in [-0.2, 0) is 0 Å². The zero-order chi connectivity index (χ0) is 22.4. The quantitative estimate of drug-likeness (QED) is 0.426. The summed E-state index contributed by atoms with van der Waals surface area (Å²) in [6, 6.07) is 35.8. The van der Waals surface area contributed by atoms with Crippen LogP contribution >= 0.6 is 0 Å². The monoisotopic (exact) mass is 430 g/mol. The molecule has 160 valence electrons. The molecule has 2 atom stereocenters. The van der Waals surface area contributed by atoms with Gasteiger partial charge in [0.15, 0.2) is 0 Å². The fourth-order valence-electron chi connectivity index (χ4n) is 5.07. The van der Waals surface area contributed by atoms with Crippen molar-refractivity contribution in [3.63, 3.8) is 0 Å². The molecule has 6 rings (SSSR count). The molecule has 0 aromatic heterocycles. The topological polar surface area (TPSA) is 61.9 Å². The van der Waals surface area contributed by atoms with Gasteiger partial charge in [0.1, 0.15) is 0 Å². The molecule has 0 aliphatic carbocycles. The van der Waals surface area contributed by atoms with E-state index in [2.05, 4.69) is 41.4 Å².